The molecule has 0 saturated heterocycles. The molecule has 0 amide bonds. The number of aromatic nitrogens is 2. The van der Waals surface area contributed by atoms with E-state index in [0.717, 1.165) is 5.56 Å². The number of benzene rings is 2. The summed E-state index contributed by atoms with van der Waals surface area (Å²) in [6, 6.07) is 11.5. The Balaban J connectivity index is 1.74. The summed E-state index contributed by atoms with van der Waals surface area (Å²) in [5, 5.41) is 0. The highest BCUT2D eigenvalue weighted by Gasteiger charge is 2.14. The standard InChI is InChI=1S/C16H17N3O4S/c1-2-23-12-4-6-13(7-5-12)24(21,22)17-10-11-3-8-14-15(9-11)19-16(20)18-14/h3-9,17H,2,10H2,1H3,(H2,18,19,20). The van der Waals surface area contributed by atoms with Crippen molar-refractivity contribution in [3.63, 3.8) is 0 Å². The van der Waals surface area contributed by atoms with Crippen LogP contribution in [0.15, 0.2) is 52.2 Å². The van der Waals surface area contributed by atoms with E-state index in [1.807, 2.05) is 6.92 Å². The van der Waals surface area contributed by atoms with Crippen molar-refractivity contribution in [2.45, 2.75) is 18.4 Å². The van der Waals surface area contributed by atoms with E-state index < -0.39 is 10.0 Å². The molecule has 0 aliphatic heterocycles. The Morgan fingerprint density at radius 2 is 1.75 bits per heavy atom. The molecule has 1 aromatic heterocycles. The van der Waals surface area contributed by atoms with E-state index in [4.69, 9.17) is 4.74 Å². The molecule has 0 spiro atoms. The van der Waals surface area contributed by atoms with Gasteiger partial charge in [-0.3, -0.25) is 0 Å². The van der Waals surface area contributed by atoms with Gasteiger partial charge in [0.1, 0.15) is 5.75 Å². The molecule has 0 unspecified atom stereocenters. The number of rotatable bonds is 6. The molecule has 3 rings (SSSR count). The number of hydrogen-bond acceptors (Lipinski definition) is 4. The zero-order chi connectivity index (χ0) is 17.2. The lowest BCUT2D eigenvalue weighted by Crippen LogP contribution is -2.23. The minimum absolute atomic E-state index is 0.124. The smallest absolute Gasteiger partial charge is 0.323 e. The van der Waals surface area contributed by atoms with Gasteiger partial charge in [0.2, 0.25) is 10.0 Å². The number of H-pyrrole nitrogens is 2. The first kappa shape index (κ1) is 16.3. The molecule has 0 radical (unpaired) electrons. The minimum atomic E-state index is -3.62. The summed E-state index contributed by atoms with van der Waals surface area (Å²) in [6.07, 6.45) is 0. The second-order valence-electron chi connectivity index (χ2n) is 5.19. The quantitative estimate of drug-likeness (QED) is 0.632. The number of nitrogens with one attached hydrogen (secondary N) is 3. The molecule has 1 heterocycles. The second kappa shape index (κ2) is 6.50. The van der Waals surface area contributed by atoms with E-state index in [-0.39, 0.29) is 17.1 Å². The van der Waals surface area contributed by atoms with E-state index in [1.54, 1.807) is 30.3 Å². The van der Waals surface area contributed by atoms with Crippen molar-refractivity contribution in [2.75, 3.05) is 6.61 Å². The van der Waals surface area contributed by atoms with Crippen LogP contribution in [0.1, 0.15) is 12.5 Å². The maximum absolute atomic E-state index is 12.3. The average molecular weight is 347 g/mol. The van der Waals surface area contributed by atoms with E-state index >= 15 is 0 Å². The lowest BCUT2D eigenvalue weighted by molar-refractivity contribution is 0.340. The molecule has 2 aromatic carbocycles. The van der Waals surface area contributed by atoms with Crippen LogP contribution in [0.5, 0.6) is 5.75 Å². The Hall–Kier alpha value is -2.58. The van der Waals surface area contributed by atoms with Gasteiger partial charge in [0.05, 0.1) is 22.5 Å². The third-order valence-electron chi connectivity index (χ3n) is 3.49. The lowest BCUT2D eigenvalue weighted by atomic mass is 10.2. The maximum Gasteiger partial charge on any atom is 0.323 e. The van der Waals surface area contributed by atoms with Gasteiger partial charge in [-0.1, -0.05) is 6.07 Å². The fraction of sp³-hybridized carbons (Fsp3) is 0.188. The highest BCUT2D eigenvalue weighted by Crippen LogP contribution is 2.16. The van der Waals surface area contributed by atoms with E-state index in [1.165, 1.54) is 12.1 Å². The molecule has 0 aliphatic carbocycles. The average Bonchev–Trinajstić information content (AvgIpc) is 2.93. The monoisotopic (exact) mass is 347 g/mol. The molecular weight excluding hydrogens is 330 g/mol. The molecule has 3 N–H and O–H groups in total. The zero-order valence-electron chi connectivity index (χ0n) is 13.0. The molecule has 0 atom stereocenters. The first-order valence-corrected chi connectivity index (χ1v) is 8.90. The van der Waals surface area contributed by atoms with Crippen LogP contribution in [0.25, 0.3) is 11.0 Å². The van der Waals surface area contributed by atoms with Crippen LogP contribution in [0.3, 0.4) is 0 Å². The molecule has 126 valence electrons. The number of fused-ring (bicyclic) bond motifs is 1. The molecule has 3 aromatic rings. The first-order valence-electron chi connectivity index (χ1n) is 7.41. The van der Waals surface area contributed by atoms with Gasteiger partial charge in [-0.15, -0.1) is 0 Å². The molecule has 7 nitrogen and oxygen atoms in total. The van der Waals surface area contributed by atoms with Gasteiger partial charge >= 0.3 is 5.69 Å². The van der Waals surface area contributed by atoms with Gasteiger partial charge in [0.15, 0.2) is 0 Å². The number of hydrogen-bond donors (Lipinski definition) is 3. The molecule has 0 saturated carbocycles. The highest BCUT2D eigenvalue weighted by molar-refractivity contribution is 7.89. The zero-order valence-corrected chi connectivity index (χ0v) is 13.8. The van der Waals surface area contributed by atoms with Gasteiger partial charge in [-0.2, -0.15) is 0 Å². The molecular formula is C16H17N3O4S. The van der Waals surface area contributed by atoms with Crippen molar-refractivity contribution in [3.05, 3.63) is 58.5 Å². The minimum Gasteiger partial charge on any atom is -0.494 e. The van der Waals surface area contributed by atoms with Gasteiger partial charge in [0.25, 0.3) is 0 Å². The van der Waals surface area contributed by atoms with Crippen LogP contribution in [0, 0.1) is 0 Å². The third kappa shape index (κ3) is 3.50. The predicted octanol–water partition coefficient (Wildman–Crippen LogP) is 1.73. The number of imidazole rings is 1. The Morgan fingerprint density at radius 3 is 2.46 bits per heavy atom. The number of aromatic amines is 2. The highest BCUT2D eigenvalue weighted by atomic mass is 32.2. The summed E-state index contributed by atoms with van der Waals surface area (Å²) >= 11 is 0. The summed E-state index contributed by atoms with van der Waals surface area (Å²) in [5.41, 5.74) is 1.76. The van der Waals surface area contributed by atoms with Gasteiger partial charge < -0.3 is 14.7 Å². The topological polar surface area (TPSA) is 104 Å². The fourth-order valence-electron chi connectivity index (χ4n) is 2.33. The summed E-state index contributed by atoms with van der Waals surface area (Å²) in [6.45, 7) is 2.51. The van der Waals surface area contributed by atoms with Gasteiger partial charge in [-0.05, 0) is 48.9 Å². The molecule has 0 bridgehead atoms. The Labute approximate surface area is 138 Å². The van der Waals surface area contributed by atoms with Crippen LogP contribution >= 0.6 is 0 Å². The normalized spacial score (nSPS) is 11.7. The lowest BCUT2D eigenvalue weighted by Gasteiger charge is -2.08. The summed E-state index contributed by atoms with van der Waals surface area (Å²) in [4.78, 5) is 16.7. The molecule has 8 heteroatoms. The Morgan fingerprint density at radius 1 is 1.04 bits per heavy atom. The summed E-state index contributed by atoms with van der Waals surface area (Å²) < 4.78 is 32.5. The van der Waals surface area contributed by atoms with Crippen molar-refractivity contribution in [1.82, 2.24) is 14.7 Å². The second-order valence-corrected chi connectivity index (χ2v) is 6.95. The van der Waals surface area contributed by atoms with E-state index in [9.17, 15) is 13.2 Å². The van der Waals surface area contributed by atoms with Crippen LogP contribution in [0.4, 0.5) is 0 Å². The van der Waals surface area contributed by atoms with Crippen LogP contribution < -0.4 is 15.1 Å². The largest absolute Gasteiger partial charge is 0.494 e. The van der Waals surface area contributed by atoms with Crippen molar-refractivity contribution < 1.29 is 13.2 Å². The van der Waals surface area contributed by atoms with Crippen molar-refractivity contribution in [1.29, 1.82) is 0 Å². The van der Waals surface area contributed by atoms with Gasteiger partial charge in [-0.25, -0.2) is 17.9 Å². The van der Waals surface area contributed by atoms with Crippen LogP contribution in [0.2, 0.25) is 0 Å². The van der Waals surface area contributed by atoms with Crippen LogP contribution in [-0.4, -0.2) is 25.0 Å². The van der Waals surface area contributed by atoms with Crippen LogP contribution in [-0.2, 0) is 16.6 Å². The molecule has 0 aliphatic rings. The molecule has 24 heavy (non-hydrogen) atoms. The third-order valence-corrected chi connectivity index (χ3v) is 4.91. The Bertz CT molecular complexity index is 1000. The fourth-order valence-corrected chi connectivity index (χ4v) is 3.35. The van der Waals surface area contributed by atoms with Crippen molar-refractivity contribution in [2.24, 2.45) is 0 Å². The SMILES string of the molecule is CCOc1ccc(S(=O)(=O)NCc2ccc3[nH]c(=O)[nH]c3c2)cc1. The summed E-state index contributed by atoms with van der Waals surface area (Å²) in [7, 11) is -3.62. The maximum atomic E-state index is 12.3. The summed E-state index contributed by atoms with van der Waals surface area (Å²) in [5.74, 6) is 0.623. The van der Waals surface area contributed by atoms with Gasteiger partial charge in [0, 0.05) is 6.54 Å². The van der Waals surface area contributed by atoms with E-state index in [0.29, 0.717) is 23.4 Å². The van der Waals surface area contributed by atoms with Crippen molar-refractivity contribution >= 4 is 21.1 Å². The number of sulfonamides is 1. The Kier molecular flexibility index (Phi) is 4.41. The predicted molar refractivity (Wildman–Crippen MR) is 90.6 cm³/mol. The molecule has 0 fully saturated rings. The number of ether oxygens (including phenoxy) is 1. The van der Waals surface area contributed by atoms with E-state index in [2.05, 4.69) is 14.7 Å². The first-order chi connectivity index (χ1) is 11.5. The van der Waals surface area contributed by atoms with Crippen molar-refractivity contribution in [3.8, 4) is 5.75 Å².